The van der Waals surface area contributed by atoms with Crippen LogP contribution in [0.3, 0.4) is 0 Å². The molecule has 0 aliphatic heterocycles. The summed E-state index contributed by atoms with van der Waals surface area (Å²) in [4.78, 5) is 13.8. The summed E-state index contributed by atoms with van der Waals surface area (Å²) in [6.07, 6.45) is 1.92. The van der Waals surface area contributed by atoms with E-state index in [0.717, 1.165) is 27.9 Å². The molecule has 1 heterocycles. The Morgan fingerprint density at radius 1 is 1.19 bits per heavy atom. The van der Waals surface area contributed by atoms with Crippen LogP contribution in [0.5, 0.6) is 0 Å². The molecule has 5 nitrogen and oxygen atoms in total. The Labute approximate surface area is 168 Å². The van der Waals surface area contributed by atoms with Crippen molar-refractivity contribution in [3.63, 3.8) is 0 Å². The quantitative estimate of drug-likeness (QED) is 0.545. The first kappa shape index (κ1) is 18.2. The van der Waals surface area contributed by atoms with Crippen molar-refractivity contribution < 1.29 is 4.39 Å². The van der Waals surface area contributed by atoms with Crippen LogP contribution in [0.1, 0.15) is 24.6 Å². The number of nitrogens with one attached hydrogen (secondary N) is 1. The van der Waals surface area contributed by atoms with Gasteiger partial charge in [0.05, 0.1) is 0 Å². The zero-order valence-electron chi connectivity index (χ0n) is 14.2. The van der Waals surface area contributed by atoms with E-state index in [0.29, 0.717) is 17.4 Å². The summed E-state index contributed by atoms with van der Waals surface area (Å²) in [5.41, 5.74) is 1.11. The summed E-state index contributed by atoms with van der Waals surface area (Å²) >= 11 is 4.88. The van der Waals surface area contributed by atoms with E-state index in [-0.39, 0.29) is 17.4 Å². The van der Waals surface area contributed by atoms with Gasteiger partial charge in [-0.1, -0.05) is 22.0 Å². The zero-order valence-corrected chi connectivity index (χ0v) is 16.6. The van der Waals surface area contributed by atoms with E-state index in [1.54, 1.807) is 16.7 Å². The Morgan fingerprint density at radius 2 is 1.96 bits per heavy atom. The average Bonchev–Trinajstić information content (AvgIpc) is 3.47. The molecule has 1 aliphatic rings. The Hall–Kier alpha value is -2.19. The monoisotopic (exact) mass is 446 g/mol. The van der Waals surface area contributed by atoms with E-state index >= 15 is 0 Å². The van der Waals surface area contributed by atoms with Gasteiger partial charge in [0.25, 0.3) is 5.56 Å². The molecule has 0 atom stereocenters. The first-order chi connectivity index (χ1) is 13.1. The van der Waals surface area contributed by atoms with Crippen LogP contribution in [-0.4, -0.2) is 14.8 Å². The highest BCUT2D eigenvalue weighted by Crippen LogP contribution is 2.36. The predicted molar refractivity (Wildman–Crippen MR) is 108 cm³/mol. The number of hydrogen-bond acceptors (Lipinski definition) is 5. The van der Waals surface area contributed by atoms with Gasteiger partial charge in [-0.25, -0.2) is 4.39 Å². The van der Waals surface area contributed by atoms with Crippen molar-refractivity contribution in [3.05, 3.63) is 74.9 Å². The first-order valence-electron chi connectivity index (χ1n) is 8.49. The highest BCUT2D eigenvalue weighted by atomic mass is 79.9. The standard InChI is InChI=1S/C19H16BrFN4OS/c20-12-2-1-3-14(10-12)22-19-24-23-17(18(26)25(19)15-6-7-15)11-27-16-8-4-13(21)5-9-16/h1-5,8-10,15H,6-7,11H2,(H,22,24). The predicted octanol–water partition coefficient (Wildman–Crippen LogP) is 4.91. The highest BCUT2D eigenvalue weighted by Gasteiger charge is 2.29. The number of halogens is 2. The number of hydrogen-bond donors (Lipinski definition) is 1. The maximum atomic E-state index is 13.0. The maximum absolute atomic E-state index is 13.0. The highest BCUT2D eigenvalue weighted by molar-refractivity contribution is 9.10. The lowest BCUT2D eigenvalue weighted by Gasteiger charge is -2.13. The molecule has 1 N–H and O–H groups in total. The Balaban J connectivity index is 1.58. The van der Waals surface area contributed by atoms with Crippen LogP contribution >= 0.6 is 27.7 Å². The Kier molecular flexibility index (Phi) is 5.27. The SMILES string of the molecule is O=c1c(CSc2ccc(F)cc2)nnc(Nc2cccc(Br)c2)n1C1CC1. The van der Waals surface area contributed by atoms with E-state index in [2.05, 4.69) is 31.4 Å². The molecule has 1 aliphatic carbocycles. The van der Waals surface area contributed by atoms with Gasteiger partial charge in [-0.05, 0) is 55.3 Å². The van der Waals surface area contributed by atoms with Crippen LogP contribution in [-0.2, 0) is 5.75 Å². The van der Waals surface area contributed by atoms with Gasteiger partial charge in [0.15, 0.2) is 0 Å². The number of rotatable bonds is 6. The third-order valence-corrected chi connectivity index (χ3v) is 5.66. The van der Waals surface area contributed by atoms with Crippen molar-refractivity contribution in [1.82, 2.24) is 14.8 Å². The van der Waals surface area contributed by atoms with Crippen molar-refractivity contribution >= 4 is 39.3 Å². The smallest absolute Gasteiger partial charge is 0.278 e. The fourth-order valence-corrected chi connectivity index (χ4v) is 3.87. The molecule has 1 fully saturated rings. The number of nitrogens with zero attached hydrogens (tertiary/aromatic N) is 3. The Bertz CT molecular complexity index is 1020. The van der Waals surface area contributed by atoms with Crippen LogP contribution in [0.25, 0.3) is 0 Å². The number of benzene rings is 2. The van der Waals surface area contributed by atoms with E-state index in [9.17, 15) is 9.18 Å². The Morgan fingerprint density at radius 3 is 2.67 bits per heavy atom. The zero-order chi connectivity index (χ0) is 18.8. The molecule has 3 aromatic rings. The van der Waals surface area contributed by atoms with Crippen LogP contribution < -0.4 is 10.9 Å². The van der Waals surface area contributed by atoms with E-state index < -0.39 is 0 Å². The molecule has 0 amide bonds. The molecular weight excluding hydrogens is 431 g/mol. The van der Waals surface area contributed by atoms with Crippen LogP contribution in [0.2, 0.25) is 0 Å². The van der Waals surface area contributed by atoms with Crippen molar-refractivity contribution in [2.75, 3.05) is 5.32 Å². The third kappa shape index (κ3) is 4.39. The van der Waals surface area contributed by atoms with Gasteiger partial charge in [0.1, 0.15) is 11.5 Å². The fourth-order valence-electron chi connectivity index (χ4n) is 2.66. The largest absolute Gasteiger partial charge is 0.324 e. The van der Waals surface area contributed by atoms with Gasteiger partial charge in [-0.3, -0.25) is 9.36 Å². The molecule has 0 spiro atoms. The number of aromatic nitrogens is 3. The summed E-state index contributed by atoms with van der Waals surface area (Å²) in [6.45, 7) is 0. The fraction of sp³-hybridized carbons (Fsp3) is 0.211. The second-order valence-electron chi connectivity index (χ2n) is 6.25. The van der Waals surface area contributed by atoms with Crippen molar-refractivity contribution in [2.45, 2.75) is 29.5 Å². The van der Waals surface area contributed by atoms with Crippen LogP contribution in [0.4, 0.5) is 16.0 Å². The van der Waals surface area contributed by atoms with Gasteiger partial charge in [0.2, 0.25) is 5.95 Å². The molecule has 0 bridgehead atoms. The van der Waals surface area contributed by atoms with E-state index in [4.69, 9.17) is 0 Å². The molecule has 0 saturated heterocycles. The molecule has 27 heavy (non-hydrogen) atoms. The van der Waals surface area contributed by atoms with Gasteiger partial charge in [-0.2, -0.15) is 0 Å². The normalized spacial score (nSPS) is 13.6. The third-order valence-electron chi connectivity index (χ3n) is 4.14. The molecular formula is C19H16BrFN4OS. The summed E-state index contributed by atoms with van der Waals surface area (Å²) < 4.78 is 15.7. The summed E-state index contributed by atoms with van der Waals surface area (Å²) in [6, 6.07) is 14.0. The molecule has 8 heteroatoms. The molecule has 1 saturated carbocycles. The topological polar surface area (TPSA) is 59.8 Å². The van der Waals surface area contributed by atoms with Crippen LogP contribution in [0.15, 0.2) is 62.7 Å². The maximum Gasteiger partial charge on any atom is 0.278 e. The average molecular weight is 447 g/mol. The molecule has 1 aromatic heterocycles. The lowest BCUT2D eigenvalue weighted by atomic mass is 10.3. The van der Waals surface area contributed by atoms with Gasteiger partial charge in [-0.15, -0.1) is 22.0 Å². The van der Waals surface area contributed by atoms with Crippen molar-refractivity contribution in [2.24, 2.45) is 0 Å². The summed E-state index contributed by atoms with van der Waals surface area (Å²) in [7, 11) is 0. The van der Waals surface area contributed by atoms with Crippen molar-refractivity contribution in [3.8, 4) is 0 Å². The summed E-state index contributed by atoms with van der Waals surface area (Å²) in [5.74, 6) is 0.566. The lowest BCUT2D eigenvalue weighted by Crippen LogP contribution is -2.27. The minimum atomic E-state index is -0.279. The number of thioether (sulfide) groups is 1. The summed E-state index contributed by atoms with van der Waals surface area (Å²) in [5, 5.41) is 11.6. The second kappa shape index (κ2) is 7.82. The molecule has 0 unspecified atom stereocenters. The lowest BCUT2D eigenvalue weighted by molar-refractivity contribution is 0.626. The van der Waals surface area contributed by atoms with Crippen LogP contribution in [0, 0.1) is 5.82 Å². The molecule has 138 valence electrons. The van der Waals surface area contributed by atoms with Crippen molar-refractivity contribution in [1.29, 1.82) is 0 Å². The van der Waals surface area contributed by atoms with E-state index in [1.165, 1.54) is 23.9 Å². The van der Waals surface area contributed by atoms with Gasteiger partial charge < -0.3 is 5.32 Å². The van der Waals surface area contributed by atoms with Gasteiger partial charge >= 0.3 is 0 Å². The molecule has 0 radical (unpaired) electrons. The minimum absolute atomic E-state index is 0.125. The second-order valence-corrected chi connectivity index (χ2v) is 8.22. The molecule has 4 rings (SSSR count). The minimum Gasteiger partial charge on any atom is -0.324 e. The number of anilines is 2. The van der Waals surface area contributed by atoms with E-state index in [1.807, 2.05) is 24.3 Å². The van der Waals surface area contributed by atoms with Gasteiger partial charge in [0, 0.05) is 26.9 Å². The first-order valence-corrected chi connectivity index (χ1v) is 10.3. The molecule has 2 aromatic carbocycles.